The molecule has 0 aliphatic carbocycles. The van der Waals surface area contributed by atoms with Gasteiger partial charge in [-0.1, -0.05) is 32.9 Å². The third-order valence-corrected chi connectivity index (χ3v) is 2.97. The second kappa shape index (κ2) is 5.75. The van der Waals surface area contributed by atoms with Gasteiger partial charge in [0.15, 0.2) is 0 Å². The molecule has 0 aliphatic heterocycles. The van der Waals surface area contributed by atoms with Crippen LogP contribution in [0.2, 0.25) is 0 Å². The quantitative estimate of drug-likeness (QED) is 0.781. The van der Waals surface area contributed by atoms with Gasteiger partial charge in [-0.3, -0.25) is 0 Å². The normalized spacial score (nSPS) is 12.7. The summed E-state index contributed by atoms with van der Waals surface area (Å²) >= 11 is 0. The maximum absolute atomic E-state index is 5.68. The minimum atomic E-state index is 0.187. The fourth-order valence-electron chi connectivity index (χ4n) is 2.62. The zero-order valence-corrected chi connectivity index (χ0v) is 12.5. The fraction of sp³-hybridized carbons (Fsp3) is 0.625. The van der Waals surface area contributed by atoms with Crippen molar-refractivity contribution in [2.45, 2.75) is 53.0 Å². The number of benzene rings is 1. The summed E-state index contributed by atoms with van der Waals surface area (Å²) in [5, 5.41) is 3.65. The summed E-state index contributed by atoms with van der Waals surface area (Å²) in [4.78, 5) is 0. The molecule has 1 rings (SSSR count). The Kier molecular flexibility index (Phi) is 4.80. The highest BCUT2D eigenvalue weighted by atomic mass is 14.9. The molecule has 0 bridgehead atoms. The maximum atomic E-state index is 5.68. The zero-order chi connectivity index (χ0) is 13.8. The van der Waals surface area contributed by atoms with E-state index in [-0.39, 0.29) is 5.54 Å². The van der Waals surface area contributed by atoms with Crippen molar-refractivity contribution in [3.63, 3.8) is 0 Å². The van der Waals surface area contributed by atoms with Crippen LogP contribution < -0.4 is 11.1 Å². The fourth-order valence-corrected chi connectivity index (χ4v) is 2.62. The summed E-state index contributed by atoms with van der Waals surface area (Å²) in [5.41, 5.74) is 8.39. The summed E-state index contributed by atoms with van der Waals surface area (Å²) < 4.78 is 0. The first-order chi connectivity index (χ1) is 8.18. The molecule has 0 spiro atoms. The molecule has 2 nitrogen and oxygen atoms in total. The molecule has 18 heavy (non-hydrogen) atoms. The SMILES string of the molecule is CC(C)(C)CC(C)(C)NCCc1ccc(N)cc1. The monoisotopic (exact) mass is 248 g/mol. The van der Waals surface area contributed by atoms with Crippen molar-refractivity contribution in [2.24, 2.45) is 5.41 Å². The Labute approximate surface area is 112 Å². The molecule has 0 aromatic heterocycles. The predicted molar refractivity (Wildman–Crippen MR) is 80.7 cm³/mol. The first kappa shape index (κ1) is 15.0. The minimum Gasteiger partial charge on any atom is -0.399 e. The Morgan fingerprint density at radius 3 is 2.06 bits per heavy atom. The lowest BCUT2D eigenvalue weighted by Crippen LogP contribution is -2.43. The number of nitrogen functional groups attached to an aromatic ring is 1. The maximum Gasteiger partial charge on any atom is 0.0314 e. The van der Waals surface area contributed by atoms with E-state index in [2.05, 4.69) is 52.1 Å². The standard InChI is InChI=1S/C16H28N2/c1-15(2,3)12-16(4,5)18-11-10-13-6-8-14(17)9-7-13/h6-9,18H,10-12,17H2,1-5H3. The van der Waals surface area contributed by atoms with E-state index < -0.39 is 0 Å². The molecule has 0 saturated heterocycles. The third-order valence-electron chi connectivity index (χ3n) is 2.97. The van der Waals surface area contributed by atoms with Crippen LogP contribution >= 0.6 is 0 Å². The van der Waals surface area contributed by atoms with Gasteiger partial charge in [0.1, 0.15) is 0 Å². The topological polar surface area (TPSA) is 38.0 Å². The lowest BCUT2D eigenvalue weighted by Gasteiger charge is -2.33. The van der Waals surface area contributed by atoms with Gasteiger partial charge in [0, 0.05) is 11.2 Å². The van der Waals surface area contributed by atoms with Crippen molar-refractivity contribution in [3.8, 4) is 0 Å². The van der Waals surface area contributed by atoms with E-state index in [1.54, 1.807) is 0 Å². The number of nitrogens with two attached hydrogens (primary N) is 1. The van der Waals surface area contributed by atoms with Crippen LogP contribution in [0.1, 0.15) is 46.6 Å². The highest BCUT2D eigenvalue weighted by Gasteiger charge is 2.24. The van der Waals surface area contributed by atoms with Gasteiger partial charge in [0.2, 0.25) is 0 Å². The van der Waals surface area contributed by atoms with Crippen molar-refractivity contribution in [1.29, 1.82) is 0 Å². The Bertz CT molecular complexity index is 358. The van der Waals surface area contributed by atoms with Crippen LogP contribution in [0.5, 0.6) is 0 Å². The van der Waals surface area contributed by atoms with Crippen molar-refractivity contribution < 1.29 is 0 Å². The third kappa shape index (κ3) is 6.06. The summed E-state index contributed by atoms with van der Waals surface area (Å²) in [7, 11) is 0. The number of hydrogen-bond donors (Lipinski definition) is 2. The molecular formula is C16H28N2. The van der Waals surface area contributed by atoms with Gasteiger partial charge in [-0.25, -0.2) is 0 Å². The van der Waals surface area contributed by atoms with E-state index in [0.717, 1.165) is 18.7 Å². The Morgan fingerprint density at radius 2 is 1.56 bits per heavy atom. The Hall–Kier alpha value is -1.02. The predicted octanol–water partition coefficient (Wildman–Crippen LogP) is 3.62. The number of nitrogens with one attached hydrogen (secondary N) is 1. The van der Waals surface area contributed by atoms with Gasteiger partial charge >= 0.3 is 0 Å². The summed E-state index contributed by atoms with van der Waals surface area (Å²) in [5.74, 6) is 0. The van der Waals surface area contributed by atoms with Gasteiger partial charge in [0.25, 0.3) is 0 Å². The largest absolute Gasteiger partial charge is 0.399 e. The molecule has 0 atom stereocenters. The number of rotatable bonds is 5. The van der Waals surface area contributed by atoms with Crippen LogP contribution in [-0.2, 0) is 6.42 Å². The van der Waals surface area contributed by atoms with Crippen molar-refractivity contribution in [2.75, 3.05) is 12.3 Å². The van der Waals surface area contributed by atoms with Crippen LogP contribution in [0.3, 0.4) is 0 Å². The van der Waals surface area contributed by atoms with E-state index in [1.165, 1.54) is 12.0 Å². The van der Waals surface area contributed by atoms with E-state index in [1.807, 2.05) is 12.1 Å². The van der Waals surface area contributed by atoms with Crippen molar-refractivity contribution in [1.82, 2.24) is 5.32 Å². The first-order valence-electron chi connectivity index (χ1n) is 6.77. The van der Waals surface area contributed by atoms with E-state index >= 15 is 0 Å². The van der Waals surface area contributed by atoms with Crippen LogP contribution in [0.4, 0.5) is 5.69 Å². The molecule has 1 aromatic rings. The number of anilines is 1. The molecule has 0 heterocycles. The first-order valence-corrected chi connectivity index (χ1v) is 6.77. The van der Waals surface area contributed by atoms with E-state index in [0.29, 0.717) is 5.41 Å². The van der Waals surface area contributed by atoms with Crippen LogP contribution in [0.25, 0.3) is 0 Å². The molecule has 3 N–H and O–H groups in total. The average molecular weight is 248 g/mol. The lowest BCUT2D eigenvalue weighted by molar-refractivity contribution is 0.243. The smallest absolute Gasteiger partial charge is 0.0314 e. The summed E-state index contributed by atoms with van der Waals surface area (Å²) in [6, 6.07) is 8.15. The number of hydrogen-bond acceptors (Lipinski definition) is 2. The summed E-state index contributed by atoms with van der Waals surface area (Å²) in [6.07, 6.45) is 2.22. The van der Waals surface area contributed by atoms with Gasteiger partial charge in [-0.15, -0.1) is 0 Å². The molecule has 2 heteroatoms. The Balaban J connectivity index is 2.39. The molecule has 102 valence electrons. The minimum absolute atomic E-state index is 0.187. The van der Waals surface area contributed by atoms with Crippen molar-refractivity contribution >= 4 is 5.69 Å². The van der Waals surface area contributed by atoms with Gasteiger partial charge < -0.3 is 11.1 Å². The van der Waals surface area contributed by atoms with Crippen LogP contribution in [0.15, 0.2) is 24.3 Å². The molecule has 0 unspecified atom stereocenters. The van der Waals surface area contributed by atoms with Crippen molar-refractivity contribution in [3.05, 3.63) is 29.8 Å². The second-order valence-corrected chi connectivity index (χ2v) is 7.04. The zero-order valence-electron chi connectivity index (χ0n) is 12.5. The molecule has 0 aliphatic rings. The van der Waals surface area contributed by atoms with Crippen LogP contribution in [-0.4, -0.2) is 12.1 Å². The molecule has 1 aromatic carbocycles. The second-order valence-electron chi connectivity index (χ2n) is 7.04. The summed E-state index contributed by atoms with van der Waals surface area (Å²) in [6.45, 7) is 12.4. The molecular weight excluding hydrogens is 220 g/mol. The Morgan fingerprint density at radius 1 is 1.00 bits per heavy atom. The average Bonchev–Trinajstić information content (AvgIpc) is 2.17. The highest BCUT2D eigenvalue weighted by molar-refractivity contribution is 5.39. The van der Waals surface area contributed by atoms with Gasteiger partial charge in [-0.2, -0.15) is 0 Å². The van der Waals surface area contributed by atoms with E-state index in [9.17, 15) is 0 Å². The highest BCUT2D eigenvalue weighted by Crippen LogP contribution is 2.26. The van der Waals surface area contributed by atoms with Crippen LogP contribution in [0, 0.1) is 5.41 Å². The molecule has 0 amide bonds. The molecule has 0 radical (unpaired) electrons. The molecule has 0 saturated carbocycles. The lowest BCUT2D eigenvalue weighted by atomic mass is 9.82. The van der Waals surface area contributed by atoms with Gasteiger partial charge in [-0.05, 0) is 56.3 Å². The van der Waals surface area contributed by atoms with E-state index in [4.69, 9.17) is 5.73 Å². The van der Waals surface area contributed by atoms with Gasteiger partial charge in [0.05, 0.1) is 0 Å². The molecule has 0 fully saturated rings.